The van der Waals surface area contributed by atoms with Crippen molar-refractivity contribution in [3.05, 3.63) is 35.9 Å². The average molecular weight is 274 g/mol. The number of carbonyl (C=O) groups is 2. The summed E-state index contributed by atoms with van der Waals surface area (Å²) < 4.78 is 5.45. The Morgan fingerprint density at radius 3 is 2.90 bits per heavy atom. The molecule has 106 valence electrons. The van der Waals surface area contributed by atoms with Crippen LogP contribution in [0.3, 0.4) is 0 Å². The number of hydrogen-bond acceptors (Lipinski definition) is 3. The van der Waals surface area contributed by atoms with Crippen LogP contribution in [-0.2, 0) is 20.7 Å². The van der Waals surface area contributed by atoms with E-state index in [-0.39, 0.29) is 30.6 Å². The standard InChI is InChI=1S/C15H18N2O3/c18-14-10-20-13-9-17(8-12(13)16-14)15(19)7-6-11-4-2-1-3-5-11/h1-5,12-13H,6-10H2,(H,16,18)/t12-,13-/m1/s1. The van der Waals surface area contributed by atoms with E-state index in [1.165, 1.54) is 5.56 Å². The van der Waals surface area contributed by atoms with Gasteiger partial charge in [-0.15, -0.1) is 0 Å². The molecule has 1 aromatic rings. The zero-order valence-corrected chi connectivity index (χ0v) is 11.2. The fourth-order valence-corrected chi connectivity index (χ4v) is 2.77. The van der Waals surface area contributed by atoms with E-state index in [0.29, 0.717) is 19.5 Å². The lowest BCUT2D eigenvalue weighted by atomic mass is 10.1. The summed E-state index contributed by atoms with van der Waals surface area (Å²) >= 11 is 0. The van der Waals surface area contributed by atoms with Crippen LogP contribution in [0.5, 0.6) is 0 Å². The van der Waals surface area contributed by atoms with Crippen LogP contribution in [0.25, 0.3) is 0 Å². The molecule has 2 aliphatic heterocycles. The molecular formula is C15H18N2O3. The largest absolute Gasteiger partial charge is 0.364 e. The topological polar surface area (TPSA) is 58.6 Å². The average Bonchev–Trinajstić information content (AvgIpc) is 2.89. The van der Waals surface area contributed by atoms with Crippen LogP contribution in [0.15, 0.2) is 30.3 Å². The zero-order chi connectivity index (χ0) is 13.9. The molecule has 0 bridgehead atoms. The molecule has 5 heteroatoms. The number of nitrogens with one attached hydrogen (secondary N) is 1. The van der Waals surface area contributed by atoms with Crippen molar-refractivity contribution in [2.24, 2.45) is 0 Å². The molecule has 2 atom stereocenters. The number of hydrogen-bond donors (Lipinski definition) is 1. The maximum atomic E-state index is 12.2. The second-order valence-corrected chi connectivity index (χ2v) is 5.31. The molecule has 0 saturated carbocycles. The Bertz CT molecular complexity index is 503. The van der Waals surface area contributed by atoms with E-state index < -0.39 is 0 Å². The number of benzene rings is 1. The van der Waals surface area contributed by atoms with Gasteiger partial charge in [0.15, 0.2) is 0 Å². The minimum absolute atomic E-state index is 0.0445. The Balaban J connectivity index is 1.52. The third-order valence-corrected chi connectivity index (χ3v) is 3.86. The molecule has 1 aromatic carbocycles. The van der Waals surface area contributed by atoms with Gasteiger partial charge in [-0.2, -0.15) is 0 Å². The first-order chi connectivity index (χ1) is 9.72. The predicted molar refractivity (Wildman–Crippen MR) is 73.0 cm³/mol. The molecule has 0 unspecified atom stereocenters. The number of morpholine rings is 1. The van der Waals surface area contributed by atoms with Gasteiger partial charge in [0.1, 0.15) is 6.61 Å². The van der Waals surface area contributed by atoms with Gasteiger partial charge in [-0.1, -0.05) is 30.3 Å². The molecule has 3 rings (SSSR count). The lowest BCUT2D eigenvalue weighted by Gasteiger charge is -2.24. The first kappa shape index (κ1) is 13.1. The summed E-state index contributed by atoms with van der Waals surface area (Å²) in [4.78, 5) is 25.3. The fraction of sp³-hybridized carbons (Fsp3) is 0.467. The smallest absolute Gasteiger partial charge is 0.246 e. The summed E-state index contributed by atoms with van der Waals surface area (Å²) in [6, 6.07) is 9.94. The number of nitrogens with zero attached hydrogens (tertiary/aromatic N) is 1. The minimum atomic E-state index is -0.0927. The van der Waals surface area contributed by atoms with E-state index in [1.54, 1.807) is 4.90 Å². The van der Waals surface area contributed by atoms with E-state index in [2.05, 4.69) is 5.32 Å². The third kappa shape index (κ3) is 2.82. The van der Waals surface area contributed by atoms with Crippen LogP contribution in [0, 0.1) is 0 Å². The normalized spacial score (nSPS) is 25.2. The molecule has 2 amide bonds. The van der Waals surface area contributed by atoms with Crippen molar-refractivity contribution in [1.82, 2.24) is 10.2 Å². The van der Waals surface area contributed by atoms with Gasteiger partial charge < -0.3 is 15.0 Å². The van der Waals surface area contributed by atoms with Gasteiger partial charge in [0.05, 0.1) is 12.1 Å². The van der Waals surface area contributed by atoms with Crippen LogP contribution in [0.4, 0.5) is 0 Å². The van der Waals surface area contributed by atoms with Crippen LogP contribution in [0.2, 0.25) is 0 Å². The summed E-state index contributed by atoms with van der Waals surface area (Å²) in [6.07, 6.45) is 1.20. The highest BCUT2D eigenvalue weighted by molar-refractivity contribution is 5.80. The highest BCUT2D eigenvalue weighted by Crippen LogP contribution is 2.18. The number of aryl methyl sites for hydroxylation is 1. The Morgan fingerprint density at radius 2 is 2.10 bits per heavy atom. The van der Waals surface area contributed by atoms with Gasteiger partial charge in [0.2, 0.25) is 11.8 Å². The van der Waals surface area contributed by atoms with Crippen molar-refractivity contribution in [1.29, 1.82) is 0 Å². The Hall–Kier alpha value is -1.88. The number of likely N-dealkylation sites (tertiary alicyclic amines) is 1. The number of amides is 2. The molecule has 20 heavy (non-hydrogen) atoms. The highest BCUT2D eigenvalue weighted by Gasteiger charge is 2.39. The molecule has 0 spiro atoms. The van der Waals surface area contributed by atoms with Gasteiger partial charge in [-0.3, -0.25) is 9.59 Å². The molecule has 5 nitrogen and oxygen atoms in total. The minimum Gasteiger partial charge on any atom is -0.364 e. The maximum absolute atomic E-state index is 12.2. The lowest BCUT2D eigenvalue weighted by molar-refractivity contribution is -0.134. The molecule has 1 N–H and O–H groups in total. The second-order valence-electron chi connectivity index (χ2n) is 5.31. The molecule has 2 saturated heterocycles. The van der Waals surface area contributed by atoms with Crippen molar-refractivity contribution in [2.75, 3.05) is 19.7 Å². The monoisotopic (exact) mass is 274 g/mol. The van der Waals surface area contributed by atoms with Crippen LogP contribution in [0.1, 0.15) is 12.0 Å². The van der Waals surface area contributed by atoms with Crippen LogP contribution in [-0.4, -0.2) is 48.6 Å². The van der Waals surface area contributed by atoms with Crippen molar-refractivity contribution in [3.8, 4) is 0 Å². The fourth-order valence-electron chi connectivity index (χ4n) is 2.77. The second kappa shape index (κ2) is 5.63. The van der Waals surface area contributed by atoms with E-state index in [9.17, 15) is 9.59 Å². The van der Waals surface area contributed by atoms with Gasteiger partial charge >= 0.3 is 0 Å². The third-order valence-electron chi connectivity index (χ3n) is 3.86. The van der Waals surface area contributed by atoms with Crippen molar-refractivity contribution < 1.29 is 14.3 Å². The number of carbonyl (C=O) groups excluding carboxylic acids is 2. The number of fused-ring (bicyclic) bond motifs is 1. The van der Waals surface area contributed by atoms with Crippen LogP contribution < -0.4 is 5.32 Å². The Kier molecular flexibility index (Phi) is 3.69. The highest BCUT2D eigenvalue weighted by atomic mass is 16.5. The SMILES string of the molecule is O=C1CO[C@@H]2CN(C(=O)CCc3ccccc3)C[C@H]2N1. The maximum Gasteiger partial charge on any atom is 0.246 e. The predicted octanol–water partition coefficient (Wildman–Crippen LogP) is 0.345. The van der Waals surface area contributed by atoms with E-state index in [4.69, 9.17) is 4.74 Å². The summed E-state index contributed by atoms with van der Waals surface area (Å²) in [5.41, 5.74) is 1.17. The summed E-state index contributed by atoms with van der Waals surface area (Å²) in [6.45, 7) is 1.25. The van der Waals surface area contributed by atoms with Gasteiger partial charge in [-0.25, -0.2) is 0 Å². The molecule has 0 radical (unpaired) electrons. The summed E-state index contributed by atoms with van der Waals surface area (Å²) in [5.74, 6) is 0.0333. The first-order valence-corrected chi connectivity index (χ1v) is 6.95. The molecule has 2 aliphatic rings. The molecular weight excluding hydrogens is 256 g/mol. The van der Waals surface area contributed by atoms with Crippen LogP contribution >= 0.6 is 0 Å². The van der Waals surface area contributed by atoms with E-state index >= 15 is 0 Å². The summed E-state index contributed by atoms with van der Waals surface area (Å²) in [5, 5.41) is 2.88. The first-order valence-electron chi connectivity index (χ1n) is 6.95. The van der Waals surface area contributed by atoms with Crippen molar-refractivity contribution in [2.45, 2.75) is 25.0 Å². The molecule has 2 heterocycles. The summed E-state index contributed by atoms with van der Waals surface area (Å²) in [7, 11) is 0. The van der Waals surface area contributed by atoms with E-state index in [0.717, 1.165) is 6.42 Å². The van der Waals surface area contributed by atoms with Gasteiger partial charge in [0.25, 0.3) is 0 Å². The molecule has 2 fully saturated rings. The lowest BCUT2D eigenvalue weighted by Crippen LogP contribution is -2.50. The molecule has 0 aliphatic carbocycles. The van der Waals surface area contributed by atoms with Crippen molar-refractivity contribution in [3.63, 3.8) is 0 Å². The molecule has 0 aromatic heterocycles. The Labute approximate surface area is 117 Å². The quantitative estimate of drug-likeness (QED) is 0.865. The van der Waals surface area contributed by atoms with E-state index in [1.807, 2.05) is 30.3 Å². The number of ether oxygens (including phenoxy) is 1. The van der Waals surface area contributed by atoms with Crippen molar-refractivity contribution >= 4 is 11.8 Å². The van der Waals surface area contributed by atoms with Gasteiger partial charge in [-0.05, 0) is 12.0 Å². The Morgan fingerprint density at radius 1 is 1.30 bits per heavy atom. The zero-order valence-electron chi connectivity index (χ0n) is 11.2. The van der Waals surface area contributed by atoms with Gasteiger partial charge in [0, 0.05) is 19.5 Å². The number of rotatable bonds is 3.